The smallest absolute Gasteiger partial charge is 0.402 e. The third kappa shape index (κ3) is 9.15. The Morgan fingerprint density at radius 1 is 1.42 bits per heavy atom. The van der Waals surface area contributed by atoms with Crippen LogP contribution in [0.4, 0.5) is 13.2 Å². The van der Waals surface area contributed by atoms with E-state index in [0.717, 1.165) is 6.07 Å². The van der Waals surface area contributed by atoms with Gasteiger partial charge >= 0.3 is 128 Å². The molecule has 19 heavy (non-hydrogen) atoms. The summed E-state index contributed by atoms with van der Waals surface area (Å²) in [4.78, 5) is 0. The van der Waals surface area contributed by atoms with Gasteiger partial charge in [-0.25, -0.2) is 0 Å². The number of hydrogen-bond acceptors (Lipinski definition) is 5. The molecule has 0 aromatic carbocycles. The van der Waals surface area contributed by atoms with Gasteiger partial charge in [-0.2, -0.15) is 0 Å². The van der Waals surface area contributed by atoms with E-state index in [9.17, 15) is 13.2 Å². The number of alkyl halides is 3. The van der Waals surface area contributed by atoms with Gasteiger partial charge in [0.1, 0.15) is 0 Å². The molecule has 1 rings (SSSR count). The summed E-state index contributed by atoms with van der Waals surface area (Å²) >= 11 is 0.191. The van der Waals surface area contributed by atoms with E-state index < -0.39 is 19.2 Å². The Labute approximate surface area is 142 Å². The minimum absolute atomic E-state index is 0.191. The number of aryl methyl sites for hydroxylation is 1. The van der Waals surface area contributed by atoms with Gasteiger partial charge in [-0.1, -0.05) is 0 Å². The molecule has 3 N–H and O–H groups in total. The topological polar surface area (TPSA) is 87.7 Å². The van der Waals surface area contributed by atoms with E-state index in [2.05, 4.69) is 5.10 Å². The molecular weight excluding hydrogens is 295 g/mol. The number of nitrogens with zero attached hydrogens (tertiary/aromatic N) is 2. The fourth-order valence-electron chi connectivity index (χ4n) is 1.23. The van der Waals surface area contributed by atoms with Crippen LogP contribution < -0.4 is -0.212 Å². The number of aromatic nitrogens is 2. The number of methoxy groups -OCH3 is 1. The third-order valence-corrected chi connectivity index (χ3v) is 3.25. The molecule has 1 heterocycles. The molecule has 0 unspecified atom stereocenters. The number of ether oxygens (including phenoxy) is 1. The van der Waals surface area contributed by atoms with Crippen molar-refractivity contribution in [2.75, 3.05) is 13.7 Å². The number of rotatable bonds is 4. The van der Waals surface area contributed by atoms with Crippen LogP contribution in [0.3, 0.4) is 0 Å². The van der Waals surface area contributed by atoms with E-state index in [4.69, 9.17) is 19.8 Å². The van der Waals surface area contributed by atoms with Gasteiger partial charge in [0.15, 0.2) is 0 Å². The summed E-state index contributed by atoms with van der Waals surface area (Å²) in [6, 6.07) is 1.13. The molecule has 0 radical (unpaired) electrons. The van der Waals surface area contributed by atoms with Gasteiger partial charge in [0.05, 0.1) is 0 Å². The summed E-state index contributed by atoms with van der Waals surface area (Å²) < 4.78 is 43.8. The Hall–Kier alpha value is 0.541. The maximum Gasteiger partial charge on any atom is 0.631 e. The van der Waals surface area contributed by atoms with Crippen LogP contribution in [-0.2, 0) is 17.5 Å². The first kappa shape index (κ1) is 19.5. The molecule has 0 bridgehead atoms. The molecule has 104 valence electrons. The van der Waals surface area contributed by atoms with Crippen molar-refractivity contribution in [1.82, 2.24) is 9.78 Å². The Kier molecular flexibility index (Phi) is 9.74. The van der Waals surface area contributed by atoms with Crippen molar-refractivity contribution < 1.29 is 33.0 Å². The maximum absolute atomic E-state index is 12.3. The first-order valence-corrected chi connectivity index (χ1v) is 6.89. The van der Waals surface area contributed by atoms with Crippen molar-refractivity contribution in [3.05, 3.63) is 11.8 Å². The third-order valence-electron chi connectivity index (χ3n) is 1.99. The summed E-state index contributed by atoms with van der Waals surface area (Å²) in [5.74, 6) is 0. The van der Waals surface area contributed by atoms with Gasteiger partial charge in [-0.3, -0.25) is 0 Å². The van der Waals surface area contributed by atoms with Gasteiger partial charge < -0.3 is 15.1 Å². The molecular formula is C8H13BF3KN2O4. The largest absolute Gasteiger partial charge is 0.631 e. The van der Waals surface area contributed by atoms with E-state index in [1.807, 2.05) is 0 Å². The van der Waals surface area contributed by atoms with E-state index >= 15 is 0 Å². The molecule has 0 amide bonds. The molecule has 0 aliphatic heterocycles. The Balaban J connectivity index is 0.000000711. The van der Waals surface area contributed by atoms with Gasteiger partial charge in [0, 0.05) is 0 Å². The van der Waals surface area contributed by atoms with Crippen LogP contribution in [0.1, 0.15) is 12.1 Å². The second kappa shape index (κ2) is 9.47. The van der Waals surface area contributed by atoms with E-state index in [0.29, 0.717) is 19.4 Å². The second-order valence-corrected chi connectivity index (χ2v) is 5.18. The monoisotopic (exact) mass is 308 g/mol. The van der Waals surface area contributed by atoms with Gasteiger partial charge in [-0.15, -0.1) is 0 Å². The maximum atomic E-state index is 12.3. The SMILES string of the molecule is COCCCn1nc(C(F)(F)F)c[c]1[K].OB(O)O. The summed E-state index contributed by atoms with van der Waals surface area (Å²) in [7, 11) is -0.602. The molecule has 0 spiro atoms. The van der Waals surface area contributed by atoms with Crippen LogP contribution in [0.15, 0.2) is 6.07 Å². The molecule has 0 saturated heterocycles. The molecule has 1 aromatic heterocycles. The minimum atomic E-state index is -4.33. The molecule has 0 aliphatic rings. The van der Waals surface area contributed by atoms with Crippen LogP contribution in [0, 0.1) is 0 Å². The predicted molar refractivity (Wildman–Crippen MR) is 61.5 cm³/mol. The standard InChI is InChI=1S/C8H10F3N2O.BH3O3.K/c1-14-6-2-4-13-5-3-7(12-13)8(9,10)11;2-1(3)4;/h3H,2,4,6H2,1H3;2-4H;. The molecule has 1 aromatic rings. The van der Waals surface area contributed by atoms with Gasteiger partial charge in [0.2, 0.25) is 0 Å². The van der Waals surface area contributed by atoms with Crippen molar-refractivity contribution in [2.45, 2.75) is 19.1 Å². The summed E-state index contributed by atoms with van der Waals surface area (Å²) in [6.45, 7) is 1.02. The average Bonchev–Trinajstić information content (AvgIpc) is 2.59. The van der Waals surface area contributed by atoms with Crippen molar-refractivity contribution in [2.24, 2.45) is 0 Å². The van der Waals surface area contributed by atoms with Crippen LogP contribution in [0.25, 0.3) is 0 Å². The number of halogens is 3. The zero-order valence-electron chi connectivity index (χ0n) is 10.6. The molecule has 0 fully saturated rings. The minimum Gasteiger partial charge on any atom is -0.402 e. The zero-order valence-corrected chi connectivity index (χ0v) is 13.7. The van der Waals surface area contributed by atoms with Gasteiger partial charge in [0.25, 0.3) is 0 Å². The summed E-state index contributed by atoms with van der Waals surface area (Å²) in [5, 5.41) is 25.0. The zero-order chi connectivity index (χ0) is 15.1. The molecule has 6 nitrogen and oxygen atoms in total. The van der Waals surface area contributed by atoms with Crippen molar-refractivity contribution in [3.63, 3.8) is 0 Å². The average molecular weight is 308 g/mol. The van der Waals surface area contributed by atoms with E-state index in [-0.39, 0.29) is 49.0 Å². The fraction of sp³-hybridized carbons (Fsp3) is 0.625. The summed E-state index contributed by atoms with van der Waals surface area (Å²) in [5.41, 5.74) is -0.789. The molecule has 0 saturated carbocycles. The van der Waals surface area contributed by atoms with Crippen molar-refractivity contribution in [1.29, 1.82) is 0 Å². The normalized spacial score (nSPS) is 11.0. The Bertz CT molecular complexity index is 373. The Morgan fingerprint density at radius 2 is 1.95 bits per heavy atom. The first-order valence-electron chi connectivity index (χ1n) is 5.33. The summed E-state index contributed by atoms with van der Waals surface area (Å²) in [6.07, 6.45) is -3.65. The van der Waals surface area contributed by atoms with Crippen LogP contribution in [-0.4, -0.2) is 94.8 Å². The van der Waals surface area contributed by atoms with Crippen LogP contribution in [0.5, 0.6) is 0 Å². The van der Waals surface area contributed by atoms with Crippen molar-refractivity contribution in [3.8, 4) is 0 Å². The van der Waals surface area contributed by atoms with Gasteiger partial charge in [-0.05, 0) is 0 Å². The van der Waals surface area contributed by atoms with E-state index in [1.165, 1.54) is 4.68 Å². The van der Waals surface area contributed by atoms with Crippen molar-refractivity contribution >= 4 is 56.1 Å². The fourth-order valence-corrected chi connectivity index (χ4v) is 2.17. The Morgan fingerprint density at radius 3 is 2.32 bits per heavy atom. The number of hydrogen-bond donors (Lipinski definition) is 3. The first-order chi connectivity index (χ1) is 8.68. The molecule has 11 heteroatoms. The van der Waals surface area contributed by atoms with Crippen LogP contribution in [0.2, 0.25) is 0 Å². The predicted octanol–water partition coefficient (Wildman–Crippen LogP) is -1.32. The quantitative estimate of drug-likeness (QED) is 0.474. The second-order valence-electron chi connectivity index (χ2n) is 3.58. The van der Waals surface area contributed by atoms with Crippen LogP contribution >= 0.6 is 0 Å². The molecule has 0 aliphatic carbocycles. The molecule has 0 atom stereocenters. The van der Waals surface area contributed by atoms with E-state index in [1.54, 1.807) is 7.11 Å².